The van der Waals surface area contributed by atoms with Crippen molar-refractivity contribution in [2.45, 2.75) is 25.7 Å². The molecular weight excluding hydrogens is 160 g/mol. The first-order chi connectivity index (χ1) is 5.29. The minimum atomic E-state index is -0.223. The van der Waals surface area contributed by atoms with Crippen LogP contribution in [0.5, 0.6) is 0 Å². The van der Waals surface area contributed by atoms with Gasteiger partial charge in [0, 0.05) is 5.57 Å². The molecule has 0 saturated heterocycles. The Morgan fingerprint density at radius 1 is 1.45 bits per heavy atom. The highest BCUT2D eigenvalue weighted by Gasteiger charge is 2.37. The quantitative estimate of drug-likeness (QED) is 0.553. The first-order valence-electron chi connectivity index (χ1n) is 4.19. The lowest BCUT2D eigenvalue weighted by atomic mass is 9.65. The number of halogens is 1. The van der Waals surface area contributed by atoms with E-state index in [4.69, 9.17) is 11.6 Å². The van der Waals surface area contributed by atoms with Crippen LogP contribution in [0, 0.1) is 11.8 Å². The fourth-order valence-corrected chi connectivity index (χ4v) is 2.37. The Kier molecular flexibility index (Phi) is 1.76. The molecule has 0 amide bonds. The van der Waals surface area contributed by atoms with E-state index in [0.29, 0.717) is 5.92 Å². The molecule has 2 aliphatic rings. The number of rotatable bonds is 1. The summed E-state index contributed by atoms with van der Waals surface area (Å²) >= 11 is 5.44. The molecule has 0 heterocycles. The molecule has 0 aromatic carbocycles. The summed E-state index contributed by atoms with van der Waals surface area (Å²) in [6.45, 7) is 0. The van der Waals surface area contributed by atoms with Gasteiger partial charge in [-0.05, 0) is 49.1 Å². The van der Waals surface area contributed by atoms with Crippen molar-refractivity contribution in [3.8, 4) is 0 Å². The third kappa shape index (κ3) is 1.12. The van der Waals surface area contributed by atoms with Gasteiger partial charge in [0.25, 0.3) is 0 Å². The Morgan fingerprint density at radius 3 is 2.73 bits per heavy atom. The molecule has 0 aromatic rings. The van der Waals surface area contributed by atoms with E-state index in [1.54, 1.807) is 0 Å². The molecule has 0 radical (unpaired) electrons. The number of carbonyl (C=O) groups is 1. The Hall–Kier alpha value is -0.300. The van der Waals surface area contributed by atoms with Crippen molar-refractivity contribution in [1.82, 2.24) is 0 Å². The predicted molar refractivity (Wildman–Crippen MR) is 44.4 cm³/mol. The Labute approximate surface area is 71.4 Å². The van der Waals surface area contributed by atoms with Gasteiger partial charge in [0.2, 0.25) is 5.24 Å². The van der Waals surface area contributed by atoms with Crippen molar-refractivity contribution in [2.24, 2.45) is 11.8 Å². The summed E-state index contributed by atoms with van der Waals surface area (Å²) in [5, 5.41) is -0.223. The highest BCUT2D eigenvalue weighted by molar-refractivity contribution is 6.67. The Bertz CT molecular complexity index is 220. The van der Waals surface area contributed by atoms with Gasteiger partial charge in [-0.3, -0.25) is 4.79 Å². The molecule has 11 heavy (non-hydrogen) atoms. The Morgan fingerprint density at radius 2 is 2.27 bits per heavy atom. The molecule has 2 rings (SSSR count). The third-order valence-corrected chi connectivity index (χ3v) is 3.16. The van der Waals surface area contributed by atoms with Crippen LogP contribution in [0.25, 0.3) is 0 Å². The molecule has 1 fully saturated rings. The van der Waals surface area contributed by atoms with E-state index in [1.807, 2.05) is 6.08 Å². The fourth-order valence-electron chi connectivity index (χ4n) is 2.15. The van der Waals surface area contributed by atoms with Gasteiger partial charge in [-0.2, -0.15) is 0 Å². The third-order valence-electron chi connectivity index (χ3n) is 2.95. The van der Waals surface area contributed by atoms with Crippen molar-refractivity contribution in [1.29, 1.82) is 0 Å². The van der Waals surface area contributed by atoms with Crippen molar-refractivity contribution in [3.05, 3.63) is 11.6 Å². The maximum absolute atomic E-state index is 10.9. The van der Waals surface area contributed by atoms with Gasteiger partial charge in [-0.15, -0.1) is 0 Å². The fraction of sp³-hybridized carbons (Fsp3) is 0.667. The number of hydrogen-bond donors (Lipinski definition) is 0. The molecule has 0 aliphatic heterocycles. The molecule has 2 heteroatoms. The van der Waals surface area contributed by atoms with Crippen molar-refractivity contribution in [3.63, 3.8) is 0 Å². The first-order valence-corrected chi connectivity index (χ1v) is 4.56. The topological polar surface area (TPSA) is 17.1 Å². The first kappa shape index (κ1) is 7.35. The van der Waals surface area contributed by atoms with Crippen LogP contribution in [0.2, 0.25) is 0 Å². The molecule has 1 saturated carbocycles. The van der Waals surface area contributed by atoms with Crippen LogP contribution >= 0.6 is 11.6 Å². The molecule has 2 aliphatic carbocycles. The number of fused-ring (bicyclic) bond motifs is 1. The van der Waals surface area contributed by atoms with Gasteiger partial charge in [-0.1, -0.05) is 6.08 Å². The zero-order valence-corrected chi connectivity index (χ0v) is 7.10. The van der Waals surface area contributed by atoms with Gasteiger partial charge < -0.3 is 0 Å². The molecule has 2 unspecified atom stereocenters. The molecule has 60 valence electrons. The average Bonchev–Trinajstić information content (AvgIpc) is 1.90. The standard InChI is InChI=1S/C9H11ClO/c10-9(11)8-3-1-2-6-4-5-7(6)8/h3,6-7H,1-2,4-5H2. The van der Waals surface area contributed by atoms with E-state index >= 15 is 0 Å². The lowest BCUT2D eigenvalue weighted by Crippen LogP contribution is -2.31. The molecular formula is C9H11ClO. The molecule has 1 nitrogen and oxygen atoms in total. The molecule has 0 bridgehead atoms. The highest BCUT2D eigenvalue weighted by atomic mass is 35.5. The molecule has 0 N–H and O–H groups in total. The molecule has 0 spiro atoms. The second kappa shape index (κ2) is 2.63. The maximum Gasteiger partial charge on any atom is 0.248 e. The van der Waals surface area contributed by atoms with E-state index in [9.17, 15) is 4.79 Å². The second-order valence-corrected chi connectivity index (χ2v) is 3.80. The zero-order chi connectivity index (χ0) is 7.84. The lowest BCUT2D eigenvalue weighted by Gasteiger charge is -2.40. The van der Waals surface area contributed by atoms with E-state index in [0.717, 1.165) is 17.9 Å². The average molecular weight is 171 g/mol. The smallest absolute Gasteiger partial charge is 0.248 e. The van der Waals surface area contributed by atoms with Gasteiger partial charge in [-0.25, -0.2) is 0 Å². The van der Waals surface area contributed by atoms with E-state index in [1.165, 1.54) is 19.3 Å². The largest absolute Gasteiger partial charge is 0.276 e. The van der Waals surface area contributed by atoms with Crippen LogP contribution < -0.4 is 0 Å². The van der Waals surface area contributed by atoms with Crippen molar-refractivity contribution >= 4 is 16.8 Å². The highest BCUT2D eigenvalue weighted by Crippen LogP contribution is 2.45. The van der Waals surface area contributed by atoms with E-state index in [-0.39, 0.29) is 5.24 Å². The lowest BCUT2D eigenvalue weighted by molar-refractivity contribution is -0.109. The maximum atomic E-state index is 10.9. The van der Waals surface area contributed by atoms with E-state index in [2.05, 4.69) is 0 Å². The van der Waals surface area contributed by atoms with E-state index < -0.39 is 0 Å². The van der Waals surface area contributed by atoms with Gasteiger partial charge in [0.15, 0.2) is 0 Å². The van der Waals surface area contributed by atoms with Crippen LogP contribution in [0.3, 0.4) is 0 Å². The van der Waals surface area contributed by atoms with Crippen LogP contribution in [-0.4, -0.2) is 5.24 Å². The van der Waals surface area contributed by atoms with Crippen LogP contribution in [-0.2, 0) is 4.79 Å². The van der Waals surface area contributed by atoms with Gasteiger partial charge in [0.05, 0.1) is 0 Å². The Balaban J connectivity index is 2.18. The SMILES string of the molecule is O=C(Cl)C1=CCCC2CCC12. The predicted octanol–water partition coefficient (Wildman–Crippen LogP) is 2.50. The van der Waals surface area contributed by atoms with Crippen molar-refractivity contribution < 1.29 is 4.79 Å². The number of hydrogen-bond acceptors (Lipinski definition) is 1. The second-order valence-electron chi connectivity index (χ2n) is 3.45. The van der Waals surface area contributed by atoms with Crippen LogP contribution in [0.4, 0.5) is 0 Å². The number of allylic oxidation sites excluding steroid dienone is 2. The summed E-state index contributed by atoms with van der Waals surface area (Å²) in [5.74, 6) is 1.30. The summed E-state index contributed by atoms with van der Waals surface area (Å²) in [6.07, 6.45) is 6.81. The monoisotopic (exact) mass is 170 g/mol. The summed E-state index contributed by atoms with van der Waals surface area (Å²) in [5.41, 5.74) is 0.897. The summed E-state index contributed by atoms with van der Waals surface area (Å²) in [4.78, 5) is 10.9. The zero-order valence-electron chi connectivity index (χ0n) is 6.35. The van der Waals surface area contributed by atoms with Crippen LogP contribution in [0.15, 0.2) is 11.6 Å². The van der Waals surface area contributed by atoms with Gasteiger partial charge in [0.1, 0.15) is 0 Å². The minimum Gasteiger partial charge on any atom is -0.276 e. The van der Waals surface area contributed by atoms with Gasteiger partial charge >= 0.3 is 0 Å². The molecule has 2 atom stereocenters. The molecule has 0 aromatic heterocycles. The summed E-state index contributed by atoms with van der Waals surface area (Å²) < 4.78 is 0. The minimum absolute atomic E-state index is 0.223. The normalized spacial score (nSPS) is 35.2. The summed E-state index contributed by atoms with van der Waals surface area (Å²) in [7, 11) is 0. The summed E-state index contributed by atoms with van der Waals surface area (Å²) in [6, 6.07) is 0. The van der Waals surface area contributed by atoms with Crippen LogP contribution in [0.1, 0.15) is 25.7 Å². The number of carbonyl (C=O) groups excluding carboxylic acids is 1. The van der Waals surface area contributed by atoms with Crippen molar-refractivity contribution in [2.75, 3.05) is 0 Å².